The molecule has 0 spiro atoms. The molecule has 24 heavy (non-hydrogen) atoms. The third-order valence-electron chi connectivity index (χ3n) is 2.94. The molecule has 0 heterocycles. The first-order valence-corrected chi connectivity index (χ1v) is 7.60. The van der Waals surface area contributed by atoms with Gasteiger partial charge < -0.3 is 15.7 Å². The molecular weight excluding hydrogens is 339 g/mol. The minimum Gasteiger partial charge on any atom is -0.480 e. The molecule has 0 aliphatic rings. The number of carboxylic acids is 1. The van der Waals surface area contributed by atoms with Crippen LogP contribution in [0, 0.1) is 5.41 Å². The van der Waals surface area contributed by atoms with Gasteiger partial charge in [0.15, 0.2) is 6.04 Å². The number of aliphatic carboxylic acids is 1. The fourth-order valence-corrected chi connectivity index (χ4v) is 2.07. The summed E-state index contributed by atoms with van der Waals surface area (Å²) in [7, 11) is 0. The monoisotopic (exact) mass is 358 g/mol. The van der Waals surface area contributed by atoms with Gasteiger partial charge in [-0.25, -0.2) is 9.18 Å². The molecule has 0 saturated heterocycles. The molecular formula is C16H20ClFN2O4. The van der Waals surface area contributed by atoms with Crippen LogP contribution in [0.1, 0.15) is 37.6 Å². The van der Waals surface area contributed by atoms with E-state index in [4.69, 9.17) is 16.7 Å². The highest BCUT2D eigenvalue weighted by Gasteiger charge is 2.22. The van der Waals surface area contributed by atoms with Crippen molar-refractivity contribution in [1.82, 2.24) is 5.32 Å². The lowest BCUT2D eigenvalue weighted by Gasteiger charge is -2.17. The molecule has 8 heteroatoms. The smallest absolute Gasteiger partial charge is 0.328 e. The van der Waals surface area contributed by atoms with Gasteiger partial charge in [-0.2, -0.15) is 0 Å². The van der Waals surface area contributed by atoms with Crippen LogP contribution >= 0.6 is 11.6 Å². The summed E-state index contributed by atoms with van der Waals surface area (Å²) in [6.07, 6.45) is 0.278. The van der Waals surface area contributed by atoms with Gasteiger partial charge in [0, 0.05) is 12.1 Å². The van der Waals surface area contributed by atoms with Gasteiger partial charge in [-0.15, -0.1) is 0 Å². The summed E-state index contributed by atoms with van der Waals surface area (Å²) in [5.41, 5.74) is 0.0860. The van der Waals surface area contributed by atoms with Crippen LogP contribution in [0.25, 0.3) is 0 Å². The number of benzene rings is 1. The summed E-state index contributed by atoms with van der Waals surface area (Å²) < 4.78 is 12.6. The highest BCUT2D eigenvalue weighted by Crippen LogP contribution is 2.23. The number of hydrogen-bond acceptors (Lipinski definition) is 3. The second-order valence-corrected chi connectivity index (χ2v) is 6.91. The number of rotatable bonds is 6. The summed E-state index contributed by atoms with van der Waals surface area (Å²) in [5.74, 6) is -2.56. The summed E-state index contributed by atoms with van der Waals surface area (Å²) >= 11 is 5.93. The number of carbonyl (C=O) groups is 3. The van der Waals surface area contributed by atoms with Gasteiger partial charge in [0.05, 0.1) is 10.6 Å². The van der Waals surface area contributed by atoms with Crippen LogP contribution in [0.4, 0.5) is 10.1 Å². The Bertz CT molecular complexity index is 643. The second kappa shape index (κ2) is 8.10. The van der Waals surface area contributed by atoms with Crippen molar-refractivity contribution in [3.05, 3.63) is 28.8 Å². The Kier molecular flexibility index (Phi) is 6.71. The number of carboxylic acid groups (broad SMARTS) is 1. The molecule has 132 valence electrons. The van der Waals surface area contributed by atoms with Crippen LogP contribution in [0.3, 0.4) is 0 Å². The van der Waals surface area contributed by atoms with Crippen LogP contribution in [-0.2, 0) is 9.59 Å². The first kappa shape index (κ1) is 19.9. The number of hydrogen-bond donors (Lipinski definition) is 3. The first-order chi connectivity index (χ1) is 11.0. The van der Waals surface area contributed by atoms with Crippen molar-refractivity contribution in [2.45, 2.75) is 33.2 Å². The van der Waals surface area contributed by atoms with Gasteiger partial charge in [0.2, 0.25) is 5.91 Å². The van der Waals surface area contributed by atoms with Gasteiger partial charge in [0.1, 0.15) is 6.67 Å². The van der Waals surface area contributed by atoms with Crippen LogP contribution in [0.2, 0.25) is 5.02 Å². The molecule has 1 aromatic carbocycles. The average molecular weight is 359 g/mol. The molecule has 0 radical (unpaired) electrons. The molecule has 2 amide bonds. The predicted octanol–water partition coefficient (Wildman–Crippen LogP) is 2.87. The van der Waals surface area contributed by atoms with Gasteiger partial charge in [-0.1, -0.05) is 32.4 Å². The SMILES string of the molecule is CC(C)(C)CC(=O)Nc1ccc(Cl)c(C(=O)NC(CF)C(=O)O)c1. The van der Waals surface area contributed by atoms with Crippen LogP contribution in [0.5, 0.6) is 0 Å². The molecule has 0 aromatic heterocycles. The number of anilines is 1. The number of halogens is 2. The third-order valence-corrected chi connectivity index (χ3v) is 3.27. The molecule has 1 unspecified atom stereocenters. The third kappa shape index (κ3) is 6.16. The quantitative estimate of drug-likeness (QED) is 0.728. The fraction of sp³-hybridized carbons (Fsp3) is 0.438. The van der Waals surface area contributed by atoms with Gasteiger partial charge in [0.25, 0.3) is 5.91 Å². The molecule has 0 fully saturated rings. The van der Waals surface area contributed by atoms with E-state index < -0.39 is 24.6 Å². The zero-order valence-electron chi connectivity index (χ0n) is 13.7. The molecule has 3 N–H and O–H groups in total. The normalized spacial score (nSPS) is 12.4. The van der Waals surface area contributed by atoms with Crippen molar-refractivity contribution in [3.63, 3.8) is 0 Å². The van der Waals surface area contributed by atoms with Gasteiger partial charge >= 0.3 is 5.97 Å². The lowest BCUT2D eigenvalue weighted by molar-refractivity contribution is -0.139. The van der Waals surface area contributed by atoms with Gasteiger partial charge in [-0.3, -0.25) is 9.59 Å². The molecule has 0 saturated carbocycles. The Morgan fingerprint density at radius 2 is 1.92 bits per heavy atom. The van der Waals surface area contributed by atoms with E-state index in [-0.39, 0.29) is 28.3 Å². The molecule has 6 nitrogen and oxygen atoms in total. The lowest BCUT2D eigenvalue weighted by Crippen LogP contribution is -2.42. The van der Waals surface area contributed by atoms with Crippen molar-refractivity contribution in [2.24, 2.45) is 5.41 Å². The highest BCUT2D eigenvalue weighted by molar-refractivity contribution is 6.34. The summed E-state index contributed by atoms with van der Waals surface area (Å²) in [5, 5.41) is 13.5. The largest absolute Gasteiger partial charge is 0.480 e. The first-order valence-electron chi connectivity index (χ1n) is 7.22. The molecule has 1 atom stereocenters. The Morgan fingerprint density at radius 1 is 1.29 bits per heavy atom. The maximum Gasteiger partial charge on any atom is 0.328 e. The minimum atomic E-state index is -1.66. The van der Waals surface area contributed by atoms with E-state index in [1.54, 1.807) is 0 Å². The topological polar surface area (TPSA) is 95.5 Å². The predicted molar refractivity (Wildman–Crippen MR) is 89.0 cm³/mol. The Hall–Kier alpha value is -2.15. The molecule has 0 bridgehead atoms. The zero-order chi connectivity index (χ0) is 18.5. The summed E-state index contributed by atoms with van der Waals surface area (Å²) in [4.78, 5) is 34.8. The van der Waals surface area contributed by atoms with Crippen molar-refractivity contribution in [2.75, 3.05) is 12.0 Å². The van der Waals surface area contributed by atoms with Crippen molar-refractivity contribution < 1.29 is 23.9 Å². The van der Waals surface area contributed by atoms with E-state index in [9.17, 15) is 18.8 Å². The van der Waals surface area contributed by atoms with Crippen molar-refractivity contribution in [1.29, 1.82) is 0 Å². The number of amides is 2. The minimum absolute atomic E-state index is 0.0510. The van der Waals surface area contributed by atoms with E-state index in [1.165, 1.54) is 18.2 Å². The summed E-state index contributed by atoms with van der Waals surface area (Å²) in [6.45, 7) is 4.49. The number of nitrogens with one attached hydrogen (secondary N) is 2. The van der Waals surface area contributed by atoms with Crippen molar-refractivity contribution in [3.8, 4) is 0 Å². The maximum atomic E-state index is 12.6. The van der Waals surface area contributed by atoms with E-state index >= 15 is 0 Å². The van der Waals surface area contributed by atoms with Crippen LogP contribution < -0.4 is 10.6 Å². The van der Waals surface area contributed by atoms with Crippen LogP contribution in [-0.4, -0.2) is 35.6 Å². The lowest BCUT2D eigenvalue weighted by atomic mass is 9.92. The standard InChI is InChI=1S/C16H20ClFN2O4/c1-16(2,3)7-13(21)19-9-4-5-11(17)10(6-9)14(22)20-12(8-18)15(23)24/h4-6,12H,7-8H2,1-3H3,(H,19,21)(H,20,22)(H,23,24). The van der Waals surface area contributed by atoms with E-state index in [2.05, 4.69) is 5.32 Å². The molecule has 1 rings (SSSR count). The Morgan fingerprint density at radius 3 is 2.42 bits per heavy atom. The van der Waals surface area contributed by atoms with E-state index in [0.717, 1.165) is 0 Å². The van der Waals surface area contributed by atoms with E-state index in [1.807, 2.05) is 26.1 Å². The van der Waals surface area contributed by atoms with E-state index in [0.29, 0.717) is 5.69 Å². The fourth-order valence-electron chi connectivity index (χ4n) is 1.87. The molecule has 1 aromatic rings. The number of alkyl halides is 1. The van der Waals surface area contributed by atoms with Gasteiger partial charge in [-0.05, 0) is 23.6 Å². The molecule has 0 aliphatic carbocycles. The average Bonchev–Trinajstić information content (AvgIpc) is 2.44. The number of carbonyl (C=O) groups excluding carboxylic acids is 2. The Balaban J connectivity index is 2.91. The Labute approximate surface area is 144 Å². The maximum absolute atomic E-state index is 12.6. The van der Waals surface area contributed by atoms with Crippen LogP contribution in [0.15, 0.2) is 18.2 Å². The highest BCUT2D eigenvalue weighted by atomic mass is 35.5. The zero-order valence-corrected chi connectivity index (χ0v) is 14.4. The summed E-state index contributed by atoms with van der Waals surface area (Å²) in [6, 6.07) is 2.57. The second-order valence-electron chi connectivity index (χ2n) is 6.50. The molecule has 0 aliphatic heterocycles. The van der Waals surface area contributed by atoms with Crippen molar-refractivity contribution >= 4 is 35.1 Å².